The second kappa shape index (κ2) is 8.59. The highest BCUT2D eigenvalue weighted by molar-refractivity contribution is 7.98. The van der Waals surface area contributed by atoms with Gasteiger partial charge < -0.3 is 15.0 Å². The maximum Gasteiger partial charge on any atom is 0.336 e. The summed E-state index contributed by atoms with van der Waals surface area (Å²) in [4.78, 5) is 33.2. The van der Waals surface area contributed by atoms with E-state index in [2.05, 4.69) is 15.3 Å². The first kappa shape index (κ1) is 20.0. The molecule has 1 aliphatic rings. The number of carbonyl (C=O) groups excluding carboxylic acids is 1. The Morgan fingerprint density at radius 3 is 2.43 bits per heavy atom. The quantitative estimate of drug-likeness (QED) is 0.369. The molecular formula is C23H21N3O3S. The molecule has 0 amide bonds. The Labute approximate surface area is 178 Å². The summed E-state index contributed by atoms with van der Waals surface area (Å²) in [6.07, 6.45) is 0. The van der Waals surface area contributed by atoms with E-state index in [-0.39, 0.29) is 5.56 Å². The monoisotopic (exact) mass is 419 g/mol. The molecule has 0 bridgehead atoms. The van der Waals surface area contributed by atoms with Crippen LogP contribution in [0.1, 0.15) is 29.5 Å². The summed E-state index contributed by atoms with van der Waals surface area (Å²) in [5.41, 5.74) is 3.15. The van der Waals surface area contributed by atoms with Gasteiger partial charge >= 0.3 is 5.97 Å². The van der Waals surface area contributed by atoms with Gasteiger partial charge in [-0.1, -0.05) is 72.4 Å². The van der Waals surface area contributed by atoms with E-state index in [0.717, 1.165) is 11.1 Å². The van der Waals surface area contributed by atoms with E-state index < -0.39 is 11.9 Å². The van der Waals surface area contributed by atoms with Crippen LogP contribution in [0.5, 0.6) is 0 Å². The van der Waals surface area contributed by atoms with Gasteiger partial charge in [-0.05, 0) is 18.1 Å². The maximum absolute atomic E-state index is 13.1. The zero-order chi connectivity index (χ0) is 21.1. The normalized spacial score (nSPS) is 15.3. The van der Waals surface area contributed by atoms with Crippen LogP contribution in [-0.2, 0) is 15.3 Å². The lowest BCUT2D eigenvalue weighted by atomic mass is 9.82. The minimum atomic E-state index is -0.556. The number of methoxy groups -OCH3 is 1. The lowest BCUT2D eigenvalue weighted by Gasteiger charge is -2.28. The first-order valence-electron chi connectivity index (χ1n) is 9.50. The molecule has 30 heavy (non-hydrogen) atoms. The number of thioether (sulfide) groups is 1. The highest BCUT2D eigenvalue weighted by atomic mass is 32.2. The Bertz CT molecular complexity index is 1160. The van der Waals surface area contributed by atoms with Crippen LogP contribution in [0.2, 0.25) is 0 Å². The Kier molecular flexibility index (Phi) is 5.72. The third-order valence-electron chi connectivity index (χ3n) is 4.98. The second-order valence-corrected chi connectivity index (χ2v) is 7.87. The van der Waals surface area contributed by atoms with E-state index in [1.165, 1.54) is 18.9 Å². The molecule has 2 aromatic carbocycles. The summed E-state index contributed by atoms with van der Waals surface area (Å²) in [6, 6.07) is 19.4. The highest BCUT2D eigenvalue weighted by Gasteiger charge is 2.36. The number of nitrogens with one attached hydrogen (secondary N) is 2. The molecule has 1 unspecified atom stereocenters. The molecule has 2 N–H and O–H groups in total. The number of fused-ring (bicyclic) bond motifs is 1. The number of carbonyl (C=O) groups is 1. The summed E-state index contributed by atoms with van der Waals surface area (Å²) in [7, 11) is 1.34. The maximum atomic E-state index is 13.1. The molecule has 1 atom stereocenters. The fraction of sp³-hybridized carbons (Fsp3) is 0.174. The van der Waals surface area contributed by atoms with E-state index in [1.54, 1.807) is 6.92 Å². The van der Waals surface area contributed by atoms with Gasteiger partial charge in [0.1, 0.15) is 5.82 Å². The molecular weight excluding hydrogens is 398 g/mol. The first-order chi connectivity index (χ1) is 14.6. The van der Waals surface area contributed by atoms with Crippen molar-refractivity contribution in [3.63, 3.8) is 0 Å². The van der Waals surface area contributed by atoms with Crippen molar-refractivity contribution >= 4 is 23.5 Å². The average Bonchev–Trinajstić information content (AvgIpc) is 2.77. The molecule has 0 spiro atoms. The molecule has 1 aromatic heterocycles. The lowest BCUT2D eigenvalue weighted by molar-refractivity contribution is -0.136. The van der Waals surface area contributed by atoms with E-state index in [4.69, 9.17) is 4.74 Å². The van der Waals surface area contributed by atoms with Crippen molar-refractivity contribution in [1.82, 2.24) is 9.97 Å². The molecule has 4 rings (SSSR count). The fourth-order valence-electron chi connectivity index (χ4n) is 3.58. The summed E-state index contributed by atoms with van der Waals surface area (Å²) in [6.45, 7) is 1.80. The topological polar surface area (TPSA) is 84.1 Å². The number of hydrogen-bond acceptors (Lipinski definition) is 6. The van der Waals surface area contributed by atoms with Crippen LogP contribution in [0, 0.1) is 0 Å². The number of anilines is 1. The van der Waals surface area contributed by atoms with Crippen LogP contribution < -0.4 is 10.9 Å². The Morgan fingerprint density at radius 1 is 1.10 bits per heavy atom. The average molecular weight is 420 g/mol. The molecule has 0 fully saturated rings. The van der Waals surface area contributed by atoms with Gasteiger partial charge in [-0.25, -0.2) is 9.78 Å². The number of ether oxygens (including phenoxy) is 1. The van der Waals surface area contributed by atoms with Crippen LogP contribution >= 0.6 is 11.8 Å². The van der Waals surface area contributed by atoms with E-state index in [1.807, 2.05) is 60.7 Å². The number of aromatic nitrogens is 2. The summed E-state index contributed by atoms with van der Waals surface area (Å²) in [5, 5.41) is 3.66. The van der Waals surface area contributed by atoms with Crippen molar-refractivity contribution in [3.05, 3.63) is 99.0 Å². The van der Waals surface area contributed by atoms with Crippen LogP contribution in [0.15, 0.2) is 81.9 Å². The zero-order valence-electron chi connectivity index (χ0n) is 16.6. The van der Waals surface area contributed by atoms with Crippen molar-refractivity contribution in [2.45, 2.75) is 23.8 Å². The largest absolute Gasteiger partial charge is 0.466 e. The van der Waals surface area contributed by atoms with Gasteiger partial charge in [-0.2, -0.15) is 0 Å². The van der Waals surface area contributed by atoms with Crippen molar-refractivity contribution in [2.75, 3.05) is 12.4 Å². The Morgan fingerprint density at radius 2 is 1.77 bits per heavy atom. The molecule has 1 aliphatic heterocycles. The zero-order valence-corrected chi connectivity index (χ0v) is 17.5. The molecule has 6 nitrogen and oxygen atoms in total. The van der Waals surface area contributed by atoms with E-state index >= 15 is 0 Å². The number of nitrogens with zero attached hydrogens (tertiary/aromatic N) is 1. The van der Waals surface area contributed by atoms with Gasteiger partial charge in [0, 0.05) is 11.4 Å². The Balaban J connectivity index is 1.76. The highest BCUT2D eigenvalue weighted by Crippen LogP contribution is 2.40. The Hall–Kier alpha value is -3.32. The van der Waals surface area contributed by atoms with Crippen LogP contribution in [-0.4, -0.2) is 23.0 Å². The summed E-state index contributed by atoms with van der Waals surface area (Å²) >= 11 is 1.46. The molecule has 7 heteroatoms. The van der Waals surface area contributed by atoms with E-state index in [9.17, 15) is 9.59 Å². The number of aromatic amines is 1. The molecule has 0 radical (unpaired) electrons. The van der Waals surface area contributed by atoms with Crippen LogP contribution in [0.4, 0.5) is 5.82 Å². The molecule has 0 aliphatic carbocycles. The minimum absolute atomic E-state index is 0.272. The number of H-pyrrole nitrogens is 1. The molecule has 0 saturated carbocycles. The third-order valence-corrected chi connectivity index (χ3v) is 5.92. The number of hydrogen-bond donors (Lipinski definition) is 2. The van der Waals surface area contributed by atoms with Crippen molar-refractivity contribution < 1.29 is 9.53 Å². The third kappa shape index (κ3) is 3.89. The number of rotatable bonds is 5. The van der Waals surface area contributed by atoms with Crippen molar-refractivity contribution in [3.8, 4) is 0 Å². The molecule has 152 valence electrons. The van der Waals surface area contributed by atoms with Crippen LogP contribution in [0.3, 0.4) is 0 Å². The smallest absolute Gasteiger partial charge is 0.336 e. The fourth-order valence-corrected chi connectivity index (χ4v) is 4.40. The molecule has 0 saturated heterocycles. The van der Waals surface area contributed by atoms with Crippen molar-refractivity contribution in [2.24, 2.45) is 0 Å². The predicted molar refractivity (Wildman–Crippen MR) is 117 cm³/mol. The lowest BCUT2D eigenvalue weighted by Crippen LogP contribution is -2.30. The second-order valence-electron chi connectivity index (χ2n) is 6.91. The van der Waals surface area contributed by atoms with Gasteiger partial charge in [0.05, 0.1) is 24.2 Å². The predicted octanol–water partition coefficient (Wildman–Crippen LogP) is 4.07. The summed E-state index contributed by atoms with van der Waals surface area (Å²) in [5.74, 6) is 0.126. The van der Waals surface area contributed by atoms with Gasteiger partial charge in [-0.3, -0.25) is 4.79 Å². The van der Waals surface area contributed by atoms with Crippen molar-refractivity contribution in [1.29, 1.82) is 0 Å². The standard InChI is InChI=1S/C23H21N3O3S/c1-14-17(22(28)29-2)18(16-11-7-4-8-12-16)19-20(24-14)25-23(26-21(19)27)30-13-15-9-5-3-6-10-15/h3-12,18H,13H2,1-2H3,(H2,24,25,26,27). The van der Waals surface area contributed by atoms with Gasteiger partial charge in [-0.15, -0.1) is 0 Å². The summed E-state index contributed by atoms with van der Waals surface area (Å²) < 4.78 is 5.00. The van der Waals surface area contributed by atoms with Crippen LogP contribution in [0.25, 0.3) is 0 Å². The van der Waals surface area contributed by atoms with E-state index in [0.29, 0.717) is 33.6 Å². The van der Waals surface area contributed by atoms with Gasteiger partial charge in [0.25, 0.3) is 5.56 Å². The van der Waals surface area contributed by atoms with Gasteiger partial charge in [0.2, 0.25) is 0 Å². The number of esters is 1. The number of benzene rings is 2. The molecule has 2 heterocycles. The molecule has 3 aromatic rings. The minimum Gasteiger partial charge on any atom is -0.466 e. The SMILES string of the molecule is COC(=O)C1=C(C)Nc2nc(SCc3ccccc3)[nH]c(=O)c2C1c1ccccc1. The number of allylic oxidation sites excluding steroid dienone is 1. The first-order valence-corrected chi connectivity index (χ1v) is 10.5. The van der Waals surface area contributed by atoms with Gasteiger partial charge in [0.15, 0.2) is 5.16 Å².